The number of ether oxygens (including phenoxy) is 2. The van der Waals surface area contributed by atoms with E-state index in [9.17, 15) is 34.4 Å². The van der Waals surface area contributed by atoms with Crippen LogP contribution in [0.3, 0.4) is 0 Å². The average molecular weight is 674 g/mol. The number of benzene rings is 2. The molecule has 3 aliphatic rings. The quantitative estimate of drug-likeness (QED) is 0.261. The molecule has 0 bridgehead atoms. The van der Waals surface area contributed by atoms with Crippen molar-refractivity contribution in [2.24, 2.45) is 0 Å². The first kappa shape index (κ1) is 33.7. The first-order valence-electron chi connectivity index (χ1n) is 16.1. The first-order valence-corrected chi connectivity index (χ1v) is 16.1. The molecule has 2 unspecified atom stereocenters. The highest BCUT2D eigenvalue weighted by molar-refractivity contribution is 6.14. The van der Waals surface area contributed by atoms with E-state index in [1.54, 1.807) is 57.7 Å². The summed E-state index contributed by atoms with van der Waals surface area (Å²) in [5.74, 6) is -4.49. The van der Waals surface area contributed by atoms with E-state index < -0.39 is 45.3 Å². The van der Waals surface area contributed by atoms with Crippen LogP contribution in [0.4, 0.5) is 10.5 Å². The lowest BCUT2D eigenvalue weighted by molar-refractivity contribution is -0.388. The summed E-state index contributed by atoms with van der Waals surface area (Å²) in [5.41, 5.74) is -1.96. The fourth-order valence-corrected chi connectivity index (χ4v) is 6.81. The van der Waals surface area contributed by atoms with E-state index in [4.69, 9.17) is 9.47 Å². The van der Waals surface area contributed by atoms with Gasteiger partial charge in [-0.15, -0.1) is 0 Å². The van der Waals surface area contributed by atoms with Gasteiger partial charge in [-0.25, -0.2) is 4.79 Å². The molecule has 1 aromatic heterocycles. The van der Waals surface area contributed by atoms with Crippen LogP contribution in [0.1, 0.15) is 99.7 Å². The summed E-state index contributed by atoms with van der Waals surface area (Å²) < 4.78 is 11.5. The number of aliphatic hydroxyl groups is 1. The number of fused-ring (bicyclic) bond motifs is 5. The van der Waals surface area contributed by atoms with Crippen LogP contribution in [0.15, 0.2) is 36.4 Å². The number of H-pyrrole nitrogens is 1. The van der Waals surface area contributed by atoms with Gasteiger partial charge in [-0.3, -0.25) is 24.5 Å². The Bertz CT molecular complexity index is 1940. The van der Waals surface area contributed by atoms with E-state index in [0.717, 1.165) is 11.6 Å². The number of nitro benzene ring substituents is 1. The molecule has 0 spiro atoms. The van der Waals surface area contributed by atoms with Crippen molar-refractivity contribution in [3.05, 3.63) is 91.3 Å². The molecule has 2 atom stereocenters. The maximum Gasteiger partial charge on any atom is 0.410 e. The van der Waals surface area contributed by atoms with Crippen LogP contribution in [-0.2, 0) is 16.1 Å². The normalized spacial score (nSPS) is 21.2. The summed E-state index contributed by atoms with van der Waals surface area (Å²) >= 11 is 0. The third-order valence-electron chi connectivity index (χ3n) is 9.53. The summed E-state index contributed by atoms with van der Waals surface area (Å²) in [7, 11) is 0. The fraction of sp³-hybridized carbons (Fsp3) is 0.429. The molecule has 0 saturated carbocycles. The monoisotopic (exact) mass is 673 g/mol. The van der Waals surface area contributed by atoms with Gasteiger partial charge in [-0.1, -0.05) is 38.1 Å². The third-order valence-corrected chi connectivity index (χ3v) is 9.53. The number of Topliss-reactive ketones (excluding diaryl/α,β-unsaturated/α-hetero) is 1. The number of aromatic amines is 1. The van der Waals surface area contributed by atoms with E-state index in [1.807, 2.05) is 13.8 Å². The molecule has 3 heterocycles. The molecule has 1 saturated heterocycles. The number of nitro groups is 1. The number of rotatable bonds is 5. The van der Waals surface area contributed by atoms with Crippen LogP contribution in [0.25, 0.3) is 0 Å². The third kappa shape index (κ3) is 5.12. The van der Waals surface area contributed by atoms with Gasteiger partial charge >= 0.3 is 6.09 Å². The van der Waals surface area contributed by atoms with Crippen molar-refractivity contribution < 1.29 is 38.7 Å². The van der Waals surface area contributed by atoms with Crippen LogP contribution in [0.5, 0.6) is 5.75 Å². The maximum absolute atomic E-state index is 14.4. The number of carbonyl (C=O) groups excluding carboxylic acids is 4. The second kappa shape index (κ2) is 11.4. The number of amides is 3. The fourth-order valence-electron chi connectivity index (χ4n) is 6.81. The maximum atomic E-state index is 14.4. The van der Waals surface area contributed by atoms with Crippen molar-refractivity contribution >= 4 is 29.4 Å². The van der Waals surface area contributed by atoms with Crippen molar-refractivity contribution in [1.29, 1.82) is 0 Å². The SMILES string of the molecule is Cc1c(C(=O)NC23C(=O)c4cccc([N+](=O)[O-])c4C2(O)Oc2cc(C(C)C)ccc23)[nH]c(C(=O)N2CCN(C(=O)OC(C)(C)C)CC2)c1C. The topological polar surface area (TPSA) is 184 Å². The molecule has 2 aliphatic heterocycles. The van der Waals surface area contributed by atoms with Gasteiger partial charge in [0.1, 0.15) is 28.3 Å². The van der Waals surface area contributed by atoms with E-state index in [1.165, 1.54) is 17.0 Å². The molecule has 6 rings (SSSR count). The first-order chi connectivity index (χ1) is 22.9. The van der Waals surface area contributed by atoms with Gasteiger partial charge in [-0.2, -0.15) is 0 Å². The molecule has 1 aliphatic carbocycles. The van der Waals surface area contributed by atoms with Gasteiger partial charge in [0, 0.05) is 43.4 Å². The van der Waals surface area contributed by atoms with Gasteiger partial charge in [0.05, 0.1) is 4.92 Å². The van der Waals surface area contributed by atoms with E-state index >= 15 is 0 Å². The van der Waals surface area contributed by atoms with Gasteiger partial charge in [0.25, 0.3) is 23.3 Å². The molecule has 49 heavy (non-hydrogen) atoms. The highest BCUT2D eigenvalue weighted by Crippen LogP contribution is 2.60. The van der Waals surface area contributed by atoms with Crippen LogP contribution >= 0.6 is 0 Å². The lowest BCUT2D eigenvalue weighted by Gasteiger charge is -2.35. The van der Waals surface area contributed by atoms with Crippen molar-refractivity contribution in [1.82, 2.24) is 20.1 Å². The smallest absolute Gasteiger partial charge is 0.410 e. The van der Waals surface area contributed by atoms with E-state index in [0.29, 0.717) is 11.1 Å². The molecular weight excluding hydrogens is 634 g/mol. The number of nitrogens with one attached hydrogen (secondary N) is 2. The molecule has 14 heteroatoms. The van der Waals surface area contributed by atoms with Crippen LogP contribution in [0.2, 0.25) is 0 Å². The van der Waals surface area contributed by atoms with Crippen LogP contribution in [0, 0.1) is 24.0 Å². The second-order valence-electron chi connectivity index (χ2n) is 14.0. The molecule has 2 aromatic carbocycles. The summed E-state index contributed by atoms with van der Waals surface area (Å²) in [6.07, 6.45) is -0.461. The summed E-state index contributed by atoms with van der Waals surface area (Å²) in [4.78, 5) is 72.3. The number of hydrogen-bond donors (Lipinski definition) is 3. The van der Waals surface area contributed by atoms with Crippen LogP contribution < -0.4 is 10.1 Å². The van der Waals surface area contributed by atoms with Crippen molar-refractivity contribution in [2.75, 3.05) is 26.2 Å². The van der Waals surface area contributed by atoms with Gasteiger partial charge in [-0.05, 0) is 63.3 Å². The average Bonchev–Trinajstić information content (AvgIpc) is 3.55. The standard InChI is InChI=1S/C35H39N5O9/c1-18(2)21-11-12-23-25(17-21)48-35(45)26-22(9-8-10-24(26)40(46)47)29(41)34(23,35)37-30(42)27-19(3)20(4)28(36-27)31(43)38-13-15-39(16-14-38)32(44)49-33(5,6)7/h8-12,17-18,36,45H,13-16H2,1-7H3,(H,37,42). The number of carbonyl (C=O) groups is 4. The number of hydrogen-bond acceptors (Lipinski definition) is 9. The minimum absolute atomic E-state index is 0.0320. The summed E-state index contributed by atoms with van der Waals surface area (Å²) in [6, 6.07) is 8.83. The zero-order valence-corrected chi connectivity index (χ0v) is 28.4. The van der Waals surface area contributed by atoms with Crippen molar-refractivity contribution in [2.45, 2.75) is 71.3 Å². The minimum Gasteiger partial charge on any atom is -0.454 e. The molecule has 3 N–H and O–H groups in total. The predicted molar refractivity (Wildman–Crippen MR) is 176 cm³/mol. The highest BCUT2D eigenvalue weighted by Gasteiger charge is 2.73. The molecule has 1 fully saturated rings. The van der Waals surface area contributed by atoms with Gasteiger partial charge in [0.15, 0.2) is 0 Å². The van der Waals surface area contributed by atoms with Gasteiger partial charge < -0.3 is 34.7 Å². The predicted octanol–water partition coefficient (Wildman–Crippen LogP) is 4.42. The Hall–Kier alpha value is -5.24. The summed E-state index contributed by atoms with van der Waals surface area (Å²) in [6.45, 7) is 13.6. The Kier molecular flexibility index (Phi) is 7.85. The second-order valence-corrected chi connectivity index (χ2v) is 14.0. The van der Waals surface area contributed by atoms with Crippen LogP contribution in [-0.4, -0.2) is 80.3 Å². The molecule has 3 aromatic rings. The van der Waals surface area contributed by atoms with E-state index in [-0.39, 0.29) is 71.8 Å². The Morgan fingerprint density at radius 2 is 1.67 bits per heavy atom. The number of aromatic nitrogens is 1. The Labute approximate surface area is 282 Å². The zero-order chi connectivity index (χ0) is 35.8. The van der Waals surface area contributed by atoms with E-state index in [2.05, 4.69) is 10.3 Å². The number of nitrogens with zero attached hydrogens (tertiary/aromatic N) is 3. The Balaban J connectivity index is 1.34. The lowest BCUT2D eigenvalue weighted by atomic mass is 9.82. The lowest BCUT2D eigenvalue weighted by Crippen LogP contribution is -2.60. The molecule has 0 radical (unpaired) electrons. The summed E-state index contributed by atoms with van der Waals surface area (Å²) in [5, 5.41) is 27.2. The van der Waals surface area contributed by atoms with Gasteiger partial charge in [0.2, 0.25) is 11.3 Å². The Morgan fingerprint density at radius 3 is 2.29 bits per heavy atom. The molecular formula is C35H39N5O9. The molecule has 14 nitrogen and oxygen atoms in total. The van der Waals surface area contributed by atoms with Crippen molar-refractivity contribution in [3.8, 4) is 5.75 Å². The highest BCUT2D eigenvalue weighted by atomic mass is 16.6. The number of ketones is 1. The Morgan fingerprint density at radius 1 is 1.04 bits per heavy atom. The largest absolute Gasteiger partial charge is 0.454 e. The minimum atomic E-state index is -2.65. The van der Waals surface area contributed by atoms with Crippen molar-refractivity contribution in [3.63, 3.8) is 0 Å². The number of piperazine rings is 1. The molecule has 258 valence electrons. The molecule has 3 amide bonds. The zero-order valence-electron chi connectivity index (χ0n) is 28.4.